The van der Waals surface area contributed by atoms with Crippen LogP contribution < -0.4 is 9.62 Å². The van der Waals surface area contributed by atoms with Crippen molar-refractivity contribution >= 4 is 50.7 Å². The van der Waals surface area contributed by atoms with Gasteiger partial charge in [-0.05, 0) is 66.4 Å². The molecule has 0 heterocycles. The van der Waals surface area contributed by atoms with E-state index in [0.717, 1.165) is 28.6 Å². The van der Waals surface area contributed by atoms with Crippen LogP contribution in [0.25, 0.3) is 0 Å². The first-order valence-electron chi connectivity index (χ1n) is 12.8. The van der Waals surface area contributed by atoms with Gasteiger partial charge < -0.3 is 10.2 Å². The maximum atomic E-state index is 14.0. The first kappa shape index (κ1) is 31.4. The molecule has 0 aliphatic carbocycles. The molecule has 40 heavy (non-hydrogen) atoms. The zero-order chi connectivity index (χ0) is 29.4. The molecule has 3 aromatic carbocycles. The van der Waals surface area contributed by atoms with E-state index >= 15 is 0 Å². The van der Waals surface area contributed by atoms with Crippen LogP contribution in [0, 0.1) is 11.7 Å². The van der Waals surface area contributed by atoms with Crippen LogP contribution in [0.1, 0.15) is 32.8 Å². The van der Waals surface area contributed by atoms with E-state index < -0.39 is 34.3 Å². The third kappa shape index (κ3) is 7.96. The number of nitrogens with zero attached hydrogens (tertiary/aromatic N) is 2. The van der Waals surface area contributed by atoms with Gasteiger partial charge in [-0.25, -0.2) is 12.8 Å². The molecule has 1 atom stereocenters. The van der Waals surface area contributed by atoms with E-state index in [9.17, 15) is 22.4 Å². The van der Waals surface area contributed by atoms with Gasteiger partial charge in [0.05, 0.1) is 10.6 Å². The summed E-state index contributed by atoms with van der Waals surface area (Å²) >= 11 is 12.5. The summed E-state index contributed by atoms with van der Waals surface area (Å²) in [5.41, 5.74) is 0.782. The van der Waals surface area contributed by atoms with E-state index in [4.69, 9.17) is 23.2 Å². The normalized spacial score (nSPS) is 12.2. The van der Waals surface area contributed by atoms with Crippen molar-refractivity contribution in [3.63, 3.8) is 0 Å². The van der Waals surface area contributed by atoms with E-state index in [-0.39, 0.29) is 35.4 Å². The van der Waals surface area contributed by atoms with Crippen molar-refractivity contribution in [3.8, 4) is 0 Å². The van der Waals surface area contributed by atoms with Crippen molar-refractivity contribution in [1.82, 2.24) is 10.2 Å². The number of carbonyl (C=O) groups excluding carboxylic acids is 2. The van der Waals surface area contributed by atoms with E-state index in [0.29, 0.717) is 22.2 Å². The lowest BCUT2D eigenvalue weighted by atomic mass is 10.1. The number of anilines is 1. The number of amides is 2. The molecule has 214 valence electrons. The second kappa shape index (κ2) is 14.0. The Morgan fingerprint density at radius 1 is 0.975 bits per heavy atom. The first-order chi connectivity index (χ1) is 18.9. The lowest BCUT2D eigenvalue weighted by Crippen LogP contribution is -2.52. The Bertz CT molecular complexity index is 1420. The van der Waals surface area contributed by atoms with Crippen molar-refractivity contribution in [2.75, 3.05) is 17.4 Å². The van der Waals surface area contributed by atoms with Gasteiger partial charge in [0.2, 0.25) is 11.8 Å². The van der Waals surface area contributed by atoms with Crippen LogP contribution >= 0.6 is 23.2 Å². The Kier molecular flexibility index (Phi) is 11.0. The minimum atomic E-state index is -4.29. The second-order valence-electron chi connectivity index (χ2n) is 9.62. The molecule has 0 fully saturated rings. The zero-order valence-electron chi connectivity index (χ0n) is 22.5. The Balaban J connectivity index is 2.04. The second-order valence-corrected chi connectivity index (χ2v) is 12.3. The summed E-state index contributed by atoms with van der Waals surface area (Å²) in [5.74, 6) is -1.38. The number of rotatable bonds is 12. The van der Waals surface area contributed by atoms with Gasteiger partial charge in [-0.1, -0.05) is 68.2 Å². The average molecular weight is 609 g/mol. The van der Waals surface area contributed by atoms with Crippen molar-refractivity contribution in [2.24, 2.45) is 5.92 Å². The molecule has 7 nitrogen and oxygen atoms in total. The summed E-state index contributed by atoms with van der Waals surface area (Å²) in [5, 5.41) is 3.59. The third-order valence-corrected chi connectivity index (χ3v) is 8.53. The monoisotopic (exact) mass is 607 g/mol. The van der Waals surface area contributed by atoms with Crippen LogP contribution in [0.4, 0.5) is 10.1 Å². The van der Waals surface area contributed by atoms with E-state index in [1.165, 1.54) is 11.0 Å². The molecule has 0 aliphatic heterocycles. The number of halogens is 3. The summed E-state index contributed by atoms with van der Waals surface area (Å²) in [6.07, 6.45) is 0.275. The first-order valence-corrected chi connectivity index (χ1v) is 15.0. The fraction of sp³-hybridized carbons (Fsp3) is 0.310. The maximum absolute atomic E-state index is 14.0. The lowest BCUT2D eigenvalue weighted by molar-refractivity contribution is -0.140. The Morgan fingerprint density at radius 2 is 1.62 bits per heavy atom. The summed E-state index contributed by atoms with van der Waals surface area (Å²) in [6.45, 7) is 5.43. The lowest BCUT2D eigenvalue weighted by Gasteiger charge is -2.33. The van der Waals surface area contributed by atoms with Gasteiger partial charge in [0.15, 0.2) is 0 Å². The predicted octanol–water partition coefficient (Wildman–Crippen LogP) is 5.91. The zero-order valence-corrected chi connectivity index (χ0v) is 24.8. The number of hydrogen-bond donors (Lipinski definition) is 1. The molecule has 0 unspecified atom stereocenters. The van der Waals surface area contributed by atoms with Crippen molar-refractivity contribution in [2.45, 2.75) is 44.7 Å². The van der Waals surface area contributed by atoms with Gasteiger partial charge in [0, 0.05) is 23.1 Å². The number of benzene rings is 3. The van der Waals surface area contributed by atoms with Crippen LogP contribution in [0.3, 0.4) is 0 Å². The van der Waals surface area contributed by atoms with Crippen LogP contribution in [0.2, 0.25) is 10.0 Å². The molecule has 2 amide bonds. The molecular weight excluding hydrogens is 576 g/mol. The fourth-order valence-electron chi connectivity index (χ4n) is 4.03. The number of sulfonamides is 1. The van der Waals surface area contributed by atoms with Gasteiger partial charge in [0.25, 0.3) is 10.0 Å². The fourth-order valence-corrected chi connectivity index (χ4v) is 5.91. The highest BCUT2D eigenvalue weighted by molar-refractivity contribution is 7.92. The maximum Gasteiger partial charge on any atom is 0.264 e. The molecule has 0 aromatic heterocycles. The molecule has 11 heteroatoms. The highest BCUT2D eigenvalue weighted by Crippen LogP contribution is 2.27. The third-order valence-electron chi connectivity index (χ3n) is 6.15. The predicted molar refractivity (Wildman–Crippen MR) is 156 cm³/mol. The number of nitrogens with one attached hydrogen (secondary N) is 1. The molecule has 3 rings (SSSR count). The minimum absolute atomic E-state index is 0.0539. The van der Waals surface area contributed by atoms with Gasteiger partial charge in [-0.15, -0.1) is 0 Å². The molecule has 3 aromatic rings. The van der Waals surface area contributed by atoms with E-state index in [1.807, 2.05) is 13.8 Å². The number of carbonyl (C=O) groups is 2. The smallest absolute Gasteiger partial charge is 0.264 e. The molecular formula is C29H32Cl2FN3O4S. The Labute approximate surface area is 244 Å². The highest BCUT2D eigenvalue weighted by atomic mass is 35.5. The van der Waals surface area contributed by atoms with Crippen molar-refractivity contribution in [1.29, 1.82) is 0 Å². The topological polar surface area (TPSA) is 86.8 Å². The summed E-state index contributed by atoms with van der Waals surface area (Å²) in [6, 6.07) is 16.4. The Hall–Kier alpha value is -3.14. The molecule has 0 spiro atoms. The summed E-state index contributed by atoms with van der Waals surface area (Å²) in [4.78, 5) is 28.4. The largest absolute Gasteiger partial charge is 0.354 e. The quantitative estimate of drug-likeness (QED) is 0.277. The molecule has 1 N–H and O–H groups in total. The van der Waals surface area contributed by atoms with Gasteiger partial charge >= 0.3 is 0 Å². The van der Waals surface area contributed by atoms with E-state index in [1.54, 1.807) is 49.4 Å². The molecule has 0 bridgehead atoms. The molecule has 0 saturated carbocycles. The molecule has 0 saturated heterocycles. The average Bonchev–Trinajstić information content (AvgIpc) is 2.92. The van der Waals surface area contributed by atoms with Crippen LogP contribution in [0.5, 0.6) is 0 Å². The minimum Gasteiger partial charge on any atom is -0.354 e. The van der Waals surface area contributed by atoms with Gasteiger partial charge in [-0.3, -0.25) is 13.9 Å². The molecule has 0 radical (unpaired) electrons. The summed E-state index contributed by atoms with van der Waals surface area (Å²) in [7, 11) is -4.29. The van der Waals surface area contributed by atoms with Crippen LogP contribution in [-0.4, -0.2) is 44.3 Å². The number of hydrogen-bond acceptors (Lipinski definition) is 4. The highest BCUT2D eigenvalue weighted by Gasteiger charge is 2.34. The van der Waals surface area contributed by atoms with Crippen LogP contribution in [-0.2, 0) is 26.2 Å². The van der Waals surface area contributed by atoms with Crippen LogP contribution in [0.15, 0.2) is 77.7 Å². The van der Waals surface area contributed by atoms with Gasteiger partial charge in [0.1, 0.15) is 18.4 Å². The standard InChI is InChI=1S/C29H32Cl2FN3O4S/c1-4-27(29(37)33-17-20(2)3)34(18-21-10-11-22(30)16-26(21)31)28(36)19-35(24-8-6-5-7-9-24)40(38,39)25-14-12-23(32)13-15-25/h5-16,20,27H,4,17-19H2,1-3H3,(H,33,37)/t27-/m0/s1. The van der Waals surface area contributed by atoms with Gasteiger partial charge in [-0.2, -0.15) is 0 Å². The van der Waals surface area contributed by atoms with E-state index in [2.05, 4.69) is 5.32 Å². The molecule has 0 aliphatic rings. The van der Waals surface area contributed by atoms with Crippen molar-refractivity contribution < 1.29 is 22.4 Å². The summed E-state index contributed by atoms with van der Waals surface area (Å²) < 4.78 is 42.0. The number of para-hydroxylation sites is 1. The SMILES string of the molecule is CC[C@@H](C(=O)NCC(C)C)N(Cc1ccc(Cl)cc1Cl)C(=O)CN(c1ccccc1)S(=O)(=O)c1ccc(F)cc1. The van der Waals surface area contributed by atoms with Crippen molar-refractivity contribution in [3.05, 3.63) is 94.2 Å². The Morgan fingerprint density at radius 3 is 2.20 bits per heavy atom.